The van der Waals surface area contributed by atoms with E-state index in [9.17, 15) is 5.11 Å². The summed E-state index contributed by atoms with van der Waals surface area (Å²) in [5, 5.41) is 17.7. The highest BCUT2D eigenvalue weighted by Gasteiger charge is 2.37. The fourth-order valence-electron chi connectivity index (χ4n) is 3.20. The first-order valence-electron chi connectivity index (χ1n) is 8.36. The molecule has 2 heteroatoms. The summed E-state index contributed by atoms with van der Waals surface area (Å²) in [6.45, 7) is 7.40. The first-order valence-corrected chi connectivity index (χ1v) is 8.36. The van der Waals surface area contributed by atoms with Crippen LogP contribution in [0.15, 0.2) is 54.6 Å². The molecule has 0 saturated carbocycles. The zero-order valence-corrected chi connectivity index (χ0v) is 14.6. The van der Waals surface area contributed by atoms with Gasteiger partial charge in [0.25, 0.3) is 0 Å². The van der Waals surface area contributed by atoms with Crippen molar-refractivity contribution >= 4 is 32.3 Å². The van der Waals surface area contributed by atoms with Crippen LogP contribution < -0.4 is 4.74 Å². The molecular formula is C22H22O2. The fraction of sp³-hybridized carbons (Fsp3) is 0.273. The summed E-state index contributed by atoms with van der Waals surface area (Å²) in [5.41, 5.74) is -1.65. The lowest BCUT2D eigenvalue weighted by molar-refractivity contribution is -0.0899. The maximum Gasteiger partial charge on any atom is 0.131 e. The number of benzene rings is 4. The van der Waals surface area contributed by atoms with Crippen molar-refractivity contribution in [1.82, 2.24) is 0 Å². The van der Waals surface area contributed by atoms with Crippen molar-refractivity contribution in [2.24, 2.45) is 0 Å². The molecule has 0 radical (unpaired) electrons. The van der Waals surface area contributed by atoms with Crippen molar-refractivity contribution in [2.75, 3.05) is 0 Å². The van der Waals surface area contributed by atoms with Gasteiger partial charge in [0.2, 0.25) is 0 Å². The minimum absolute atomic E-state index is 0.699. The highest BCUT2D eigenvalue weighted by atomic mass is 16.5. The van der Waals surface area contributed by atoms with Crippen LogP contribution in [0, 0.1) is 0 Å². The first kappa shape index (κ1) is 15.2. The SMILES string of the molecule is CC(C)(O)C(C)(C)Oc1ccc2ccc3cccc4ccc1c2c34. The van der Waals surface area contributed by atoms with Gasteiger partial charge in [0.1, 0.15) is 11.4 Å². The Hall–Kier alpha value is -2.32. The Balaban J connectivity index is 2.01. The van der Waals surface area contributed by atoms with Gasteiger partial charge in [0.15, 0.2) is 0 Å². The molecule has 4 aromatic carbocycles. The molecule has 24 heavy (non-hydrogen) atoms. The van der Waals surface area contributed by atoms with Gasteiger partial charge in [-0.1, -0.05) is 42.5 Å². The lowest BCUT2D eigenvalue weighted by Gasteiger charge is -2.37. The monoisotopic (exact) mass is 318 g/mol. The molecule has 0 aliphatic carbocycles. The molecule has 1 N–H and O–H groups in total. The van der Waals surface area contributed by atoms with Crippen molar-refractivity contribution in [3.05, 3.63) is 54.6 Å². The molecule has 0 saturated heterocycles. The van der Waals surface area contributed by atoms with Gasteiger partial charge in [-0.2, -0.15) is 0 Å². The minimum Gasteiger partial charge on any atom is -0.484 e. The van der Waals surface area contributed by atoms with Crippen molar-refractivity contribution < 1.29 is 9.84 Å². The molecule has 2 nitrogen and oxygen atoms in total. The second-order valence-corrected chi connectivity index (χ2v) is 7.59. The zero-order valence-electron chi connectivity index (χ0n) is 14.6. The van der Waals surface area contributed by atoms with Crippen LogP contribution in [0.25, 0.3) is 32.3 Å². The molecule has 4 aromatic rings. The van der Waals surface area contributed by atoms with Crippen LogP contribution in [0.2, 0.25) is 0 Å². The van der Waals surface area contributed by atoms with E-state index < -0.39 is 11.2 Å². The predicted molar refractivity (Wildman–Crippen MR) is 101 cm³/mol. The van der Waals surface area contributed by atoms with Crippen LogP contribution >= 0.6 is 0 Å². The van der Waals surface area contributed by atoms with Crippen LogP contribution in [0.4, 0.5) is 0 Å². The number of hydrogen-bond acceptors (Lipinski definition) is 2. The minimum atomic E-state index is -0.947. The van der Waals surface area contributed by atoms with E-state index in [-0.39, 0.29) is 0 Å². The second kappa shape index (κ2) is 4.84. The molecule has 0 heterocycles. The molecule has 4 rings (SSSR count). The van der Waals surface area contributed by atoms with Gasteiger partial charge in [0, 0.05) is 10.8 Å². The Kier molecular flexibility index (Phi) is 3.07. The van der Waals surface area contributed by atoms with Crippen LogP contribution in [0.3, 0.4) is 0 Å². The van der Waals surface area contributed by atoms with Gasteiger partial charge in [-0.25, -0.2) is 0 Å². The van der Waals surface area contributed by atoms with E-state index in [0.29, 0.717) is 0 Å². The van der Waals surface area contributed by atoms with Gasteiger partial charge in [-0.15, -0.1) is 0 Å². The third-order valence-electron chi connectivity index (χ3n) is 5.33. The third-order valence-corrected chi connectivity index (χ3v) is 5.33. The van der Waals surface area contributed by atoms with Crippen LogP contribution in [-0.2, 0) is 0 Å². The molecule has 0 aliphatic heterocycles. The van der Waals surface area contributed by atoms with E-state index in [0.717, 1.165) is 11.1 Å². The second-order valence-electron chi connectivity index (χ2n) is 7.59. The van der Waals surface area contributed by atoms with Gasteiger partial charge < -0.3 is 9.84 Å². The molecule has 0 unspecified atom stereocenters. The normalized spacial score (nSPS) is 13.2. The summed E-state index contributed by atoms with van der Waals surface area (Å²) in [6.07, 6.45) is 0. The molecule has 0 aromatic heterocycles. The Morgan fingerprint density at radius 3 is 1.88 bits per heavy atom. The molecule has 0 atom stereocenters. The summed E-state index contributed by atoms with van der Waals surface area (Å²) < 4.78 is 6.27. The number of rotatable bonds is 3. The van der Waals surface area contributed by atoms with Crippen molar-refractivity contribution in [3.63, 3.8) is 0 Å². The maximum atomic E-state index is 10.4. The van der Waals surface area contributed by atoms with E-state index in [1.54, 1.807) is 13.8 Å². The lowest BCUT2D eigenvalue weighted by Crippen LogP contribution is -2.49. The average molecular weight is 318 g/mol. The van der Waals surface area contributed by atoms with E-state index in [1.807, 2.05) is 19.9 Å². The molecule has 0 bridgehead atoms. The summed E-state index contributed by atoms with van der Waals surface area (Å²) in [4.78, 5) is 0. The molecule has 122 valence electrons. The average Bonchev–Trinajstić information content (AvgIpc) is 2.52. The van der Waals surface area contributed by atoms with Crippen LogP contribution in [0.1, 0.15) is 27.7 Å². The summed E-state index contributed by atoms with van der Waals surface area (Å²) in [6, 6.07) is 19.1. The quantitative estimate of drug-likeness (QED) is 0.504. The Morgan fingerprint density at radius 1 is 0.708 bits per heavy atom. The van der Waals surface area contributed by atoms with Gasteiger partial charge in [-0.3, -0.25) is 0 Å². The van der Waals surface area contributed by atoms with Crippen molar-refractivity contribution in [3.8, 4) is 5.75 Å². The topological polar surface area (TPSA) is 29.5 Å². The molecular weight excluding hydrogens is 296 g/mol. The highest BCUT2D eigenvalue weighted by Crippen LogP contribution is 2.40. The number of ether oxygens (including phenoxy) is 1. The van der Waals surface area contributed by atoms with Gasteiger partial charge >= 0.3 is 0 Å². The predicted octanol–water partition coefficient (Wildman–Crippen LogP) is 5.51. The summed E-state index contributed by atoms with van der Waals surface area (Å²) in [5.74, 6) is 0.813. The van der Waals surface area contributed by atoms with Gasteiger partial charge in [0.05, 0.1) is 5.60 Å². The van der Waals surface area contributed by atoms with Crippen LogP contribution in [-0.4, -0.2) is 16.3 Å². The van der Waals surface area contributed by atoms with E-state index in [4.69, 9.17) is 4.74 Å². The highest BCUT2D eigenvalue weighted by molar-refractivity contribution is 6.24. The maximum absolute atomic E-state index is 10.4. The van der Waals surface area contributed by atoms with Crippen molar-refractivity contribution in [2.45, 2.75) is 38.9 Å². The summed E-state index contributed by atoms with van der Waals surface area (Å²) >= 11 is 0. The van der Waals surface area contributed by atoms with Crippen LogP contribution in [0.5, 0.6) is 5.75 Å². The molecule has 0 amide bonds. The smallest absolute Gasteiger partial charge is 0.131 e. The standard InChI is InChI=1S/C22H22O2/c1-21(2,23)22(3,4)24-18-13-11-16-9-8-14-6-5-7-15-10-12-17(18)20(16)19(14)15/h5-13,23H,1-4H3. The lowest BCUT2D eigenvalue weighted by atomic mass is 9.89. The van der Waals surface area contributed by atoms with Gasteiger partial charge in [-0.05, 0) is 61.4 Å². The van der Waals surface area contributed by atoms with E-state index in [2.05, 4.69) is 48.5 Å². The molecule has 0 spiro atoms. The Bertz CT molecular complexity index is 1020. The fourth-order valence-corrected chi connectivity index (χ4v) is 3.20. The largest absolute Gasteiger partial charge is 0.484 e. The number of aliphatic hydroxyl groups is 1. The van der Waals surface area contributed by atoms with E-state index in [1.165, 1.54) is 26.9 Å². The zero-order chi connectivity index (χ0) is 17.1. The van der Waals surface area contributed by atoms with Crippen molar-refractivity contribution in [1.29, 1.82) is 0 Å². The Labute approximate surface area is 142 Å². The Morgan fingerprint density at radius 2 is 1.25 bits per heavy atom. The summed E-state index contributed by atoms with van der Waals surface area (Å²) in [7, 11) is 0. The first-order chi connectivity index (χ1) is 11.3. The number of hydrogen-bond donors (Lipinski definition) is 1. The molecule has 0 aliphatic rings. The van der Waals surface area contributed by atoms with E-state index >= 15 is 0 Å². The third kappa shape index (κ3) is 2.14. The molecule has 0 fully saturated rings.